The average Bonchev–Trinajstić information content (AvgIpc) is 2.75. The maximum Gasteiger partial charge on any atom is 0.0461 e. The van der Waals surface area contributed by atoms with Crippen molar-refractivity contribution in [3.63, 3.8) is 0 Å². The summed E-state index contributed by atoms with van der Waals surface area (Å²) in [6, 6.07) is 28.8. The van der Waals surface area contributed by atoms with Gasteiger partial charge in [0.05, 0.1) is 0 Å². The molecule has 1 heteroatoms. The number of rotatable bonds is 7. The molecule has 3 aromatic rings. The van der Waals surface area contributed by atoms with Crippen molar-refractivity contribution in [2.45, 2.75) is 65.2 Å². The molecule has 0 N–H and O–H groups in total. The van der Waals surface area contributed by atoms with Gasteiger partial charge in [0.15, 0.2) is 0 Å². The Morgan fingerprint density at radius 1 is 0.517 bits per heavy atom. The maximum absolute atomic E-state index is 2.34. The van der Waals surface area contributed by atoms with E-state index in [4.69, 9.17) is 0 Å². The van der Waals surface area contributed by atoms with Crippen LogP contribution in [0.15, 0.2) is 78.9 Å². The van der Waals surface area contributed by atoms with Crippen LogP contribution >= 0.6 is 0 Å². The summed E-state index contributed by atoms with van der Waals surface area (Å²) in [6.45, 7) is 13.7. The summed E-state index contributed by atoms with van der Waals surface area (Å²) < 4.78 is 0. The van der Waals surface area contributed by atoms with Crippen molar-refractivity contribution in [3.8, 4) is 0 Å². The van der Waals surface area contributed by atoms with Gasteiger partial charge in [-0.25, -0.2) is 0 Å². The smallest absolute Gasteiger partial charge is 0.0461 e. The lowest BCUT2D eigenvalue weighted by Crippen LogP contribution is -2.17. The minimum absolute atomic E-state index is 0.198. The lowest BCUT2D eigenvalue weighted by Gasteiger charge is -2.29. The second-order valence-electron chi connectivity index (χ2n) is 9.24. The van der Waals surface area contributed by atoms with Crippen LogP contribution in [0.2, 0.25) is 0 Å². The molecular weight excluding hydrogens is 350 g/mol. The lowest BCUT2D eigenvalue weighted by atomic mass is 9.82. The van der Waals surface area contributed by atoms with E-state index < -0.39 is 0 Å². The molecule has 0 amide bonds. The Bertz CT molecular complexity index is 843. The van der Waals surface area contributed by atoms with Crippen LogP contribution in [-0.2, 0) is 10.8 Å². The van der Waals surface area contributed by atoms with Gasteiger partial charge < -0.3 is 4.90 Å². The van der Waals surface area contributed by atoms with E-state index in [1.165, 1.54) is 28.2 Å². The van der Waals surface area contributed by atoms with Gasteiger partial charge in [0.25, 0.3) is 0 Å². The quantitative estimate of drug-likeness (QED) is 0.394. The number of anilines is 3. The van der Waals surface area contributed by atoms with Gasteiger partial charge in [0, 0.05) is 17.1 Å². The highest BCUT2D eigenvalue weighted by Crippen LogP contribution is 2.37. The molecule has 1 nitrogen and oxygen atoms in total. The second-order valence-corrected chi connectivity index (χ2v) is 9.24. The summed E-state index contributed by atoms with van der Waals surface area (Å²) in [5.41, 5.74) is 6.72. The first kappa shape index (κ1) is 21.2. The van der Waals surface area contributed by atoms with E-state index in [1.54, 1.807) is 0 Å². The van der Waals surface area contributed by atoms with Crippen molar-refractivity contribution in [1.29, 1.82) is 0 Å². The summed E-state index contributed by atoms with van der Waals surface area (Å²) in [4.78, 5) is 2.34. The van der Waals surface area contributed by atoms with Crippen molar-refractivity contribution in [2.75, 3.05) is 4.90 Å². The number of benzene rings is 3. The van der Waals surface area contributed by atoms with E-state index in [9.17, 15) is 0 Å². The Kier molecular flexibility index (Phi) is 6.17. The Morgan fingerprint density at radius 3 is 1.21 bits per heavy atom. The molecule has 0 spiro atoms. The standard InChI is InChI=1S/C28H35N/c1-7-27(3,4)22-14-18-25(19-15-22)29(24-12-10-9-11-13-24)26-20-16-23(17-21-26)28(5,6)8-2/h9-21H,7-8H2,1-6H3. The highest BCUT2D eigenvalue weighted by atomic mass is 15.1. The normalized spacial score (nSPS) is 12.1. The van der Waals surface area contributed by atoms with Crippen molar-refractivity contribution < 1.29 is 0 Å². The molecule has 152 valence electrons. The van der Waals surface area contributed by atoms with Crippen LogP contribution in [0.3, 0.4) is 0 Å². The van der Waals surface area contributed by atoms with Crippen LogP contribution in [0, 0.1) is 0 Å². The fourth-order valence-electron chi connectivity index (χ4n) is 3.56. The zero-order valence-corrected chi connectivity index (χ0v) is 18.9. The molecule has 0 aliphatic heterocycles. The van der Waals surface area contributed by atoms with Gasteiger partial charge in [-0.1, -0.05) is 84.0 Å². The molecule has 0 radical (unpaired) electrons. The predicted molar refractivity (Wildman–Crippen MR) is 128 cm³/mol. The third-order valence-electron chi connectivity index (χ3n) is 6.60. The summed E-state index contributed by atoms with van der Waals surface area (Å²) >= 11 is 0. The third-order valence-corrected chi connectivity index (χ3v) is 6.60. The van der Waals surface area contributed by atoms with Crippen LogP contribution in [0.4, 0.5) is 17.1 Å². The van der Waals surface area contributed by atoms with Crippen molar-refractivity contribution in [1.82, 2.24) is 0 Å². The molecule has 3 rings (SSSR count). The zero-order valence-electron chi connectivity index (χ0n) is 18.9. The maximum atomic E-state index is 2.34. The van der Waals surface area contributed by atoms with Crippen LogP contribution in [0.1, 0.15) is 65.5 Å². The minimum atomic E-state index is 0.198. The summed E-state index contributed by atoms with van der Waals surface area (Å²) in [6.07, 6.45) is 2.26. The van der Waals surface area contributed by atoms with Crippen molar-refractivity contribution in [2.24, 2.45) is 0 Å². The van der Waals surface area contributed by atoms with E-state index in [0.29, 0.717) is 0 Å². The van der Waals surface area contributed by atoms with E-state index >= 15 is 0 Å². The Labute approximate surface area is 177 Å². The third kappa shape index (κ3) is 4.56. The predicted octanol–water partition coefficient (Wildman–Crippen LogP) is 8.53. The average molecular weight is 386 g/mol. The zero-order chi connectivity index (χ0) is 21.1. The van der Waals surface area contributed by atoms with E-state index in [2.05, 4.69) is 125 Å². The number of nitrogens with zero attached hydrogens (tertiary/aromatic N) is 1. The van der Waals surface area contributed by atoms with Crippen LogP contribution < -0.4 is 4.90 Å². The lowest BCUT2D eigenvalue weighted by molar-refractivity contribution is 0.506. The first-order valence-corrected chi connectivity index (χ1v) is 10.8. The van der Waals surface area contributed by atoms with E-state index in [-0.39, 0.29) is 10.8 Å². The Balaban J connectivity index is 2.03. The molecule has 0 bridgehead atoms. The molecule has 0 saturated heterocycles. The molecule has 0 fully saturated rings. The van der Waals surface area contributed by atoms with Crippen molar-refractivity contribution >= 4 is 17.1 Å². The second kappa shape index (κ2) is 8.45. The van der Waals surface area contributed by atoms with E-state index in [1.807, 2.05) is 0 Å². The number of hydrogen-bond acceptors (Lipinski definition) is 1. The van der Waals surface area contributed by atoms with Gasteiger partial charge in [0.2, 0.25) is 0 Å². The Hall–Kier alpha value is -2.54. The summed E-state index contributed by atoms with van der Waals surface area (Å²) in [5.74, 6) is 0. The molecule has 0 heterocycles. The molecular formula is C28H35N. The van der Waals surface area contributed by atoms with Crippen molar-refractivity contribution in [3.05, 3.63) is 90.0 Å². The molecule has 0 aliphatic rings. The summed E-state index contributed by atoms with van der Waals surface area (Å²) in [7, 11) is 0. The number of para-hydroxylation sites is 1. The van der Waals surface area contributed by atoms with Gasteiger partial charge in [-0.05, 0) is 71.2 Å². The first-order valence-electron chi connectivity index (χ1n) is 10.8. The molecule has 3 aromatic carbocycles. The van der Waals surface area contributed by atoms with Gasteiger partial charge in [-0.15, -0.1) is 0 Å². The minimum Gasteiger partial charge on any atom is -0.311 e. The fraction of sp³-hybridized carbons (Fsp3) is 0.357. The fourth-order valence-corrected chi connectivity index (χ4v) is 3.56. The molecule has 0 aromatic heterocycles. The molecule has 29 heavy (non-hydrogen) atoms. The molecule has 0 unspecified atom stereocenters. The van der Waals surface area contributed by atoms with Gasteiger partial charge >= 0.3 is 0 Å². The van der Waals surface area contributed by atoms with Crippen LogP contribution in [0.25, 0.3) is 0 Å². The molecule has 0 saturated carbocycles. The molecule has 0 aliphatic carbocycles. The van der Waals surface area contributed by atoms with Gasteiger partial charge in [-0.2, -0.15) is 0 Å². The SMILES string of the molecule is CCC(C)(C)c1ccc(N(c2ccccc2)c2ccc(C(C)(C)CC)cc2)cc1. The summed E-state index contributed by atoms with van der Waals surface area (Å²) in [5, 5.41) is 0. The first-order chi connectivity index (χ1) is 13.8. The highest BCUT2D eigenvalue weighted by Gasteiger charge is 2.20. The highest BCUT2D eigenvalue weighted by molar-refractivity contribution is 5.76. The van der Waals surface area contributed by atoms with Crippen LogP contribution in [-0.4, -0.2) is 0 Å². The monoisotopic (exact) mass is 385 g/mol. The number of hydrogen-bond donors (Lipinski definition) is 0. The van der Waals surface area contributed by atoms with E-state index in [0.717, 1.165) is 12.8 Å². The largest absolute Gasteiger partial charge is 0.311 e. The van der Waals surface area contributed by atoms with Gasteiger partial charge in [0.1, 0.15) is 0 Å². The topological polar surface area (TPSA) is 3.24 Å². The Morgan fingerprint density at radius 2 is 0.862 bits per heavy atom. The molecule has 0 atom stereocenters. The van der Waals surface area contributed by atoms with Crippen LogP contribution in [0.5, 0.6) is 0 Å². The van der Waals surface area contributed by atoms with Gasteiger partial charge in [-0.3, -0.25) is 0 Å².